The van der Waals surface area contributed by atoms with Gasteiger partial charge in [-0.25, -0.2) is 9.78 Å². The standard InChI is InChI=1S/C12H19N3O2S/c1-18-8-4-2-3-7-14-11-9(13)5-6-10(15-11)12(16)17/h5-6H,2-4,7-8,13H2,1H3,(H,14,15)(H,16,17). The number of nitrogens with one attached hydrogen (secondary N) is 1. The van der Waals surface area contributed by atoms with Gasteiger partial charge in [-0.2, -0.15) is 11.8 Å². The molecule has 0 spiro atoms. The number of nitrogen functional groups attached to an aromatic ring is 1. The van der Waals surface area contributed by atoms with Crippen molar-refractivity contribution in [2.75, 3.05) is 29.6 Å². The first-order valence-corrected chi connectivity index (χ1v) is 7.27. The summed E-state index contributed by atoms with van der Waals surface area (Å²) in [4.78, 5) is 14.7. The Kier molecular flexibility index (Phi) is 6.35. The van der Waals surface area contributed by atoms with Gasteiger partial charge >= 0.3 is 5.97 Å². The predicted octanol–water partition coefficient (Wildman–Crippen LogP) is 2.31. The van der Waals surface area contributed by atoms with E-state index in [9.17, 15) is 4.79 Å². The van der Waals surface area contributed by atoms with E-state index in [0.29, 0.717) is 11.5 Å². The maximum absolute atomic E-state index is 10.8. The Morgan fingerprint density at radius 2 is 2.22 bits per heavy atom. The topological polar surface area (TPSA) is 88.2 Å². The SMILES string of the molecule is CSCCCCCNc1nc(C(=O)O)ccc1N. The second kappa shape index (κ2) is 7.81. The Hall–Kier alpha value is -1.43. The van der Waals surface area contributed by atoms with E-state index in [-0.39, 0.29) is 5.69 Å². The summed E-state index contributed by atoms with van der Waals surface area (Å²) in [6.07, 6.45) is 5.46. The summed E-state index contributed by atoms with van der Waals surface area (Å²) in [7, 11) is 0. The number of carboxylic acid groups (broad SMARTS) is 1. The highest BCUT2D eigenvalue weighted by atomic mass is 32.2. The molecule has 1 heterocycles. The fourth-order valence-corrected chi connectivity index (χ4v) is 1.98. The lowest BCUT2D eigenvalue weighted by Crippen LogP contribution is -2.09. The van der Waals surface area contributed by atoms with E-state index in [1.165, 1.54) is 18.2 Å². The fourth-order valence-electron chi connectivity index (χ4n) is 1.49. The highest BCUT2D eigenvalue weighted by Crippen LogP contribution is 2.16. The lowest BCUT2D eigenvalue weighted by molar-refractivity contribution is 0.0690. The maximum atomic E-state index is 10.8. The van der Waals surface area contributed by atoms with Crippen LogP contribution in [0.25, 0.3) is 0 Å². The fraction of sp³-hybridized carbons (Fsp3) is 0.500. The van der Waals surface area contributed by atoms with E-state index in [0.717, 1.165) is 19.4 Å². The molecule has 0 fully saturated rings. The van der Waals surface area contributed by atoms with Crippen molar-refractivity contribution in [2.45, 2.75) is 19.3 Å². The van der Waals surface area contributed by atoms with Crippen molar-refractivity contribution in [1.29, 1.82) is 0 Å². The quantitative estimate of drug-likeness (QED) is 0.628. The molecule has 100 valence electrons. The number of rotatable bonds is 8. The second-order valence-corrected chi connectivity index (χ2v) is 4.91. The second-order valence-electron chi connectivity index (χ2n) is 3.92. The zero-order valence-electron chi connectivity index (χ0n) is 10.5. The van der Waals surface area contributed by atoms with Gasteiger partial charge in [0, 0.05) is 6.54 Å². The number of nitrogens with zero attached hydrogens (tertiary/aromatic N) is 1. The molecule has 18 heavy (non-hydrogen) atoms. The van der Waals surface area contributed by atoms with E-state index >= 15 is 0 Å². The van der Waals surface area contributed by atoms with Crippen molar-refractivity contribution in [3.63, 3.8) is 0 Å². The molecule has 0 unspecified atom stereocenters. The van der Waals surface area contributed by atoms with Gasteiger partial charge in [-0.15, -0.1) is 0 Å². The van der Waals surface area contributed by atoms with Crippen LogP contribution in [0.3, 0.4) is 0 Å². The number of thioether (sulfide) groups is 1. The molecule has 1 aromatic heterocycles. The zero-order valence-corrected chi connectivity index (χ0v) is 11.3. The monoisotopic (exact) mass is 269 g/mol. The van der Waals surface area contributed by atoms with Crippen molar-refractivity contribution >= 4 is 29.2 Å². The lowest BCUT2D eigenvalue weighted by atomic mass is 10.2. The molecule has 0 aliphatic rings. The first kappa shape index (κ1) is 14.6. The van der Waals surface area contributed by atoms with Gasteiger partial charge in [-0.1, -0.05) is 6.42 Å². The number of nitrogens with two attached hydrogens (primary N) is 1. The lowest BCUT2D eigenvalue weighted by Gasteiger charge is -2.08. The van der Waals surface area contributed by atoms with Crippen molar-refractivity contribution in [1.82, 2.24) is 4.98 Å². The van der Waals surface area contributed by atoms with E-state index in [2.05, 4.69) is 16.6 Å². The first-order valence-electron chi connectivity index (χ1n) is 5.87. The normalized spacial score (nSPS) is 10.3. The number of pyridine rings is 1. The molecule has 0 amide bonds. The number of unbranched alkanes of at least 4 members (excludes halogenated alkanes) is 2. The average Bonchev–Trinajstić information content (AvgIpc) is 2.35. The molecule has 0 saturated heterocycles. The number of anilines is 2. The van der Waals surface area contributed by atoms with Gasteiger partial charge in [0.25, 0.3) is 0 Å². The summed E-state index contributed by atoms with van der Waals surface area (Å²) in [5.74, 6) is 0.590. The van der Waals surface area contributed by atoms with Crippen LogP contribution >= 0.6 is 11.8 Å². The number of carboxylic acids is 1. The molecular weight excluding hydrogens is 250 g/mol. The number of aromatic nitrogens is 1. The van der Waals surface area contributed by atoms with Gasteiger partial charge < -0.3 is 16.2 Å². The summed E-state index contributed by atoms with van der Waals surface area (Å²) in [6.45, 7) is 0.759. The van der Waals surface area contributed by atoms with Crippen LogP contribution in [0.1, 0.15) is 29.8 Å². The predicted molar refractivity (Wildman–Crippen MR) is 76.3 cm³/mol. The minimum atomic E-state index is -1.04. The van der Waals surface area contributed by atoms with Crippen molar-refractivity contribution in [2.24, 2.45) is 0 Å². The van der Waals surface area contributed by atoms with Crippen LogP contribution in [0, 0.1) is 0 Å². The smallest absolute Gasteiger partial charge is 0.354 e. The Balaban J connectivity index is 2.41. The van der Waals surface area contributed by atoms with Gasteiger partial charge in [0.1, 0.15) is 5.82 Å². The molecule has 0 atom stereocenters. The minimum absolute atomic E-state index is 0.00841. The van der Waals surface area contributed by atoms with Crippen molar-refractivity contribution in [3.8, 4) is 0 Å². The number of aromatic carboxylic acids is 1. The summed E-state index contributed by atoms with van der Waals surface area (Å²) in [5, 5.41) is 11.9. The van der Waals surface area contributed by atoms with E-state index in [1.807, 2.05) is 11.8 Å². The summed E-state index contributed by atoms with van der Waals surface area (Å²) >= 11 is 1.85. The van der Waals surface area contributed by atoms with Crippen LogP contribution < -0.4 is 11.1 Å². The molecular formula is C12H19N3O2S. The average molecular weight is 269 g/mol. The van der Waals surface area contributed by atoms with E-state index in [4.69, 9.17) is 10.8 Å². The number of hydrogen-bond acceptors (Lipinski definition) is 5. The third kappa shape index (κ3) is 4.83. The van der Waals surface area contributed by atoms with Crippen LogP contribution in [-0.2, 0) is 0 Å². The van der Waals surface area contributed by atoms with E-state index < -0.39 is 5.97 Å². The van der Waals surface area contributed by atoms with Crippen LogP contribution in [0.15, 0.2) is 12.1 Å². The highest BCUT2D eigenvalue weighted by Gasteiger charge is 2.07. The Morgan fingerprint density at radius 3 is 2.89 bits per heavy atom. The Bertz CT molecular complexity index is 399. The minimum Gasteiger partial charge on any atom is -0.477 e. The molecule has 0 radical (unpaired) electrons. The van der Waals surface area contributed by atoms with Gasteiger partial charge in [0.05, 0.1) is 5.69 Å². The summed E-state index contributed by atoms with van der Waals surface area (Å²) in [5.41, 5.74) is 6.22. The molecule has 5 nitrogen and oxygen atoms in total. The molecule has 0 aromatic carbocycles. The largest absolute Gasteiger partial charge is 0.477 e. The molecule has 1 rings (SSSR count). The highest BCUT2D eigenvalue weighted by molar-refractivity contribution is 7.98. The molecule has 0 aliphatic carbocycles. The van der Waals surface area contributed by atoms with Gasteiger partial charge in [0.15, 0.2) is 5.69 Å². The molecule has 4 N–H and O–H groups in total. The van der Waals surface area contributed by atoms with Crippen LogP contribution in [0.5, 0.6) is 0 Å². The third-order valence-corrected chi connectivity index (χ3v) is 3.16. The molecule has 1 aromatic rings. The Morgan fingerprint density at radius 1 is 1.44 bits per heavy atom. The van der Waals surface area contributed by atoms with E-state index in [1.54, 1.807) is 6.07 Å². The van der Waals surface area contributed by atoms with Gasteiger partial charge in [-0.3, -0.25) is 0 Å². The zero-order chi connectivity index (χ0) is 13.4. The van der Waals surface area contributed by atoms with Crippen LogP contribution in [0.2, 0.25) is 0 Å². The third-order valence-electron chi connectivity index (χ3n) is 2.46. The van der Waals surface area contributed by atoms with Gasteiger partial charge in [0.2, 0.25) is 0 Å². The number of carbonyl (C=O) groups is 1. The van der Waals surface area contributed by atoms with Gasteiger partial charge in [-0.05, 0) is 37.0 Å². The summed E-state index contributed by atoms with van der Waals surface area (Å²) in [6, 6.07) is 2.97. The molecule has 0 saturated carbocycles. The molecule has 0 bridgehead atoms. The Labute approximate surface area is 111 Å². The first-order chi connectivity index (χ1) is 8.65. The molecule has 6 heteroatoms. The number of hydrogen-bond donors (Lipinski definition) is 3. The van der Waals surface area contributed by atoms with Crippen molar-refractivity contribution in [3.05, 3.63) is 17.8 Å². The van der Waals surface area contributed by atoms with Crippen molar-refractivity contribution < 1.29 is 9.90 Å². The molecule has 0 aliphatic heterocycles. The van der Waals surface area contributed by atoms with Crippen LogP contribution in [-0.4, -0.2) is 34.6 Å². The summed E-state index contributed by atoms with van der Waals surface area (Å²) < 4.78 is 0. The maximum Gasteiger partial charge on any atom is 0.354 e. The van der Waals surface area contributed by atoms with Crippen LogP contribution in [0.4, 0.5) is 11.5 Å².